The van der Waals surface area contributed by atoms with Crippen LogP contribution in [0.15, 0.2) is 67.1 Å². The first kappa shape index (κ1) is 38.5. The molecule has 1 fully saturated rings. The minimum absolute atomic E-state index is 0.130. The van der Waals surface area contributed by atoms with Crippen LogP contribution in [0.1, 0.15) is 57.6 Å². The van der Waals surface area contributed by atoms with Gasteiger partial charge in [0.05, 0.1) is 12.6 Å². The number of nitrogens with one attached hydrogen (secondary N) is 5. The summed E-state index contributed by atoms with van der Waals surface area (Å²) in [6.07, 6.45) is 5.67. The summed E-state index contributed by atoms with van der Waals surface area (Å²) in [5.74, 6) is -0.506. The molecule has 5 N–H and O–H groups in total. The Morgan fingerprint density at radius 1 is 0.868 bits per heavy atom. The van der Waals surface area contributed by atoms with Crippen molar-refractivity contribution in [1.82, 2.24) is 36.1 Å². The predicted octanol–water partition coefficient (Wildman–Crippen LogP) is 2.92. The Bertz CT molecular complexity index is 1730. The summed E-state index contributed by atoms with van der Waals surface area (Å²) in [5, 5.41) is 14.1. The molecule has 1 aromatic heterocycles. The highest BCUT2D eigenvalue weighted by Crippen LogP contribution is 2.32. The number of hydrogen-bond donors (Lipinski definition) is 5. The van der Waals surface area contributed by atoms with Gasteiger partial charge in [0.1, 0.15) is 12.1 Å². The normalized spacial score (nSPS) is 15.1. The molecule has 3 aromatic rings. The van der Waals surface area contributed by atoms with E-state index in [4.69, 9.17) is 9.47 Å². The third kappa shape index (κ3) is 11.9. The van der Waals surface area contributed by atoms with Crippen molar-refractivity contribution in [2.45, 2.75) is 71.5 Å². The average molecular weight is 729 g/mol. The van der Waals surface area contributed by atoms with Gasteiger partial charge in [-0.05, 0) is 54.4 Å². The van der Waals surface area contributed by atoms with Gasteiger partial charge in [0.15, 0.2) is 17.3 Å². The van der Waals surface area contributed by atoms with E-state index in [2.05, 4.69) is 36.6 Å². The van der Waals surface area contributed by atoms with Gasteiger partial charge in [-0.15, -0.1) is 0 Å². The molecule has 2 aliphatic rings. The van der Waals surface area contributed by atoms with Gasteiger partial charge in [-0.25, -0.2) is 9.78 Å². The third-order valence-corrected chi connectivity index (χ3v) is 8.89. The number of nitrogens with zero attached hydrogens (tertiary/aromatic N) is 3. The summed E-state index contributed by atoms with van der Waals surface area (Å²) in [4.78, 5) is 76.6. The van der Waals surface area contributed by atoms with E-state index >= 15 is 0 Å². The second-order valence-electron chi connectivity index (χ2n) is 14.4. The number of urea groups is 1. The smallest absolute Gasteiger partial charge is 0.318 e. The van der Waals surface area contributed by atoms with Gasteiger partial charge >= 0.3 is 6.03 Å². The van der Waals surface area contributed by atoms with E-state index in [0.29, 0.717) is 43.1 Å². The fourth-order valence-electron chi connectivity index (χ4n) is 5.87. The standard InChI is InChI=1S/C38H48N8O7/c1-38(2,3)23-42-33(47)20-29(44-37(51)46-17-13-27(14-18-46)34(48)45-32-22-39-15-16-40-32)36(50)43-28(11-9-25-7-5-4-6-8-25)35(49)41-21-26-10-12-30-31(19-26)53-24-52-30/h4-8,10,12,15-16,19,22,27-29H,9,11,13-14,17-18,20-21,23-24H2,1-3H3,(H,41,49)(H,42,47)(H,43,50)(H,44,51)(H,40,45,48)/t28-,29-/m0/s1. The molecule has 53 heavy (non-hydrogen) atoms. The molecule has 15 nitrogen and oxygen atoms in total. The molecule has 15 heteroatoms. The van der Waals surface area contributed by atoms with Gasteiger partial charge in [-0.3, -0.25) is 24.2 Å². The zero-order valence-corrected chi connectivity index (χ0v) is 30.4. The SMILES string of the molecule is CC(C)(C)CNC(=O)C[C@H](NC(=O)N1CCC(C(=O)Nc2cnccn2)CC1)C(=O)N[C@@H](CCc1ccccc1)C(=O)NCc1ccc2c(c1)OCO2. The molecule has 2 aliphatic heterocycles. The van der Waals surface area contributed by atoms with Crippen LogP contribution in [0.25, 0.3) is 0 Å². The van der Waals surface area contributed by atoms with Gasteiger partial charge in [0, 0.05) is 44.5 Å². The van der Waals surface area contributed by atoms with Crippen LogP contribution in [-0.4, -0.2) is 83.0 Å². The van der Waals surface area contributed by atoms with Crippen molar-refractivity contribution >= 4 is 35.5 Å². The number of rotatable bonds is 14. The highest BCUT2D eigenvalue weighted by atomic mass is 16.7. The highest BCUT2D eigenvalue weighted by molar-refractivity contribution is 5.95. The molecule has 0 aliphatic carbocycles. The molecule has 0 bridgehead atoms. The number of aromatic nitrogens is 2. The second kappa shape index (κ2) is 18.2. The Kier molecular flexibility index (Phi) is 13.2. The van der Waals surface area contributed by atoms with Gasteiger partial charge in [0.2, 0.25) is 30.4 Å². The Labute approximate surface area is 309 Å². The minimum Gasteiger partial charge on any atom is -0.454 e. The van der Waals surface area contributed by atoms with Gasteiger partial charge < -0.3 is 41.0 Å². The molecular formula is C38H48N8O7. The van der Waals surface area contributed by atoms with Crippen molar-refractivity contribution in [2.75, 3.05) is 31.7 Å². The van der Waals surface area contributed by atoms with E-state index in [9.17, 15) is 24.0 Å². The van der Waals surface area contributed by atoms with Crippen LogP contribution in [0.5, 0.6) is 11.5 Å². The summed E-state index contributed by atoms with van der Waals surface area (Å²) >= 11 is 0. The highest BCUT2D eigenvalue weighted by Gasteiger charge is 2.33. The first-order valence-electron chi connectivity index (χ1n) is 17.8. The van der Waals surface area contributed by atoms with E-state index in [-0.39, 0.29) is 56.5 Å². The zero-order chi connectivity index (χ0) is 37.8. The Hall–Kier alpha value is -5.73. The number of anilines is 1. The number of amides is 6. The molecule has 3 heterocycles. The molecule has 0 unspecified atom stereocenters. The number of benzene rings is 2. The molecule has 0 radical (unpaired) electrons. The number of aryl methyl sites for hydroxylation is 1. The Morgan fingerprint density at radius 2 is 1.62 bits per heavy atom. The van der Waals surface area contributed by atoms with Crippen molar-refractivity contribution in [1.29, 1.82) is 0 Å². The number of carbonyl (C=O) groups is 5. The number of fused-ring (bicyclic) bond motifs is 1. The van der Waals surface area contributed by atoms with Crippen LogP contribution in [0.4, 0.5) is 10.6 Å². The van der Waals surface area contributed by atoms with Crippen LogP contribution in [0.2, 0.25) is 0 Å². The minimum atomic E-state index is -1.28. The maximum Gasteiger partial charge on any atom is 0.318 e. The molecular weight excluding hydrogens is 680 g/mol. The van der Waals surface area contributed by atoms with Crippen molar-refractivity contribution in [2.24, 2.45) is 11.3 Å². The van der Waals surface area contributed by atoms with Gasteiger partial charge in [-0.1, -0.05) is 57.2 Å². The topological polar surface area (TPSA) is 193 Å². The second-order valence-corrected chi connectivity index (χ2v) is 14.4. The van der Waals surface area contributed by atoms with Crippen molar-refractivity contribution < 1.29 is 33.4 Å². The fraction of sp³-hybridized carbons (Fsp3) is 0.447. The van der Waals surface area contributed by atoms with Crippen molar-refractivity contribution in [3.05, 3.63) is 78.2 Å². The van der Waals surface area contributed by atoms with E-state index in [0.717, 1.165) is 11.1 Å². The molecule has 2 atom stereocenters. The third-order valence-electron chi connectivity index (χ3n) is 8.89. The van der Waals surface area contributed by atoms with Crippen LogP contribution >= 0.6 is 0 Å². The van der Waals surface area contributed by atoms with Crippen LogP contribution < -0.4 is 36.1 Å². The van der Waals surface area contributed by atoms with Gasteiger partial charge in [-0.2, -0.15) is 0 Å². The lowest BCUT2D eigenvalue weighted by Gasteiger charge is -2.32. The number of likely N-dealkylation sites (tertiary alicyclic amines) is 1. The number of ether oxygens (including phenoxy) is 2. The van der Waals surface area contributed by atoms with Crippen LogP contribution in [-0.2, 0) is 32.1 Å². The summed E-state index contributed by atoms with van der Waals surface area (Å²) in [6, 6.07) is 12.2. The number of hydrogen-bond acceptors (Lipinski definition) is 9. The monoisotopic (exact) mass is 728 g/mol. The molecule has 2 aromatic carbocycles. The van der Waals surface area contributed by atoms with E-state index in [1.54, 1.807) is 12.1 Å². The first-order valence-corrected chi connectivity index (χ1v) is 17.8. The van der Waals surface area contributed by atoms with Crippen molar-refractivity contribution in [3.8, 4) is 11.5 Å². The quantitative estimate of drug-likeness (QED) is 0.166. The van der Waals surface area contributed by atoms with Gasteiger partial charge in [0.25, 0.3) is 0 Å². The molecule has 1 saturated heterocycles. The summed E-state index contributed by atoms with van der Waals surface area (Å²) in [5.41, 5.74) is 1.56. The summed E-state index contributed by atoms with van der Waals surface area (Å²) < 4.78 is 10.8. The summed E-state index contributed by atoms with van der Waals surface area (Å²) in [7, 11) is 0. The number of carbonyl (C=O) groups excluding carboxylic acids is 5. The number of piperidine rings is 1. The lowest BCUT2D eigenvalue weighted by atomic mass is 9.96. The van der Waals surface area contributed by atoms with E-state index in [1.165, 1.54) is 23.5 Å². The maximum absolute atomic E-state index is 13.9. The van der Waals surface area contributed by atoms with Crippen LogP contribution in [0, 0.1) is 11.3 Å². The van der Waals surface area contributed by atoms with Crippen molar-refractivity contribution in [3.63, 3.8) is 0 Å². The predicted molar refractivity (Wildman–Crippen MR) is 195 cm³/mol. The fourth-order valence-corrected chi connectivity index (χ4v) is 5.87. The molecule has 0 saturated carbocycles. The molecule has 282 valence electrons. The molecule has 5 rings (SSSR count). The molecule has 6 amide bonds. The van der Waals surface area contributed by atoms with Crippen LogP contribution in [0.3, 0.4) is 0 Å². The Balaban J connectivity index is 1.24. The zero-order valence-electron chi connectivity index (χ0n) is 30.4. The Morgan fingerprint density at radius 3 is 2.34 bits per heavy atom. The lowest BCUT2D eigenvalue weighted by molar-refractivity contribution is -0.131. The molecule has 0 spiro atoms. The summed E-state index contributed by atoms with van der Waals surface area (Å²) in [6.45, 7) is 7.09. The van der Waals surface area contributed by atoms with E-state index in [1.807, 2.05) is 57.2 Å². The maximum atomic E-state index is 13.9. The lowest BCUT2D eigenvalue weighted by Crippen LogP contribution is -2.57. The first-order chi connectivity index (χ1) is 25.4. The average Bonchev–Trinajstić information content (AvgIpc) is 3.63. The largest absolute Gasteiger partial charge is 0.454 e. The van der Waals surface area contributed by atoms with E-state index < -0.39 is 35.8 Å².